The van der Waals surface area contributed by atoms with E-state index in [1.807, 2.05) is 19.1 Å². The fourth-order valence-electron chi connectivity index (χ4n) is 1.83. The lowest BCUT2D eigenvalue weighted by atomic mass is 10.3. The quantitative estimate of drug-likeness (QED) is 0.742. The van der Waals surface area contributed by atoms with Crippen LogP contribution in [-0.2, 0) is 0 Å². The van der Waals surface area contributed by atoms with E-state index in [4.69, 9.17) is 23.2 Å². The highest BCUT2D eigenvalue weighted by Crippen LogP contribution is 2.36. The third kappa shape index (κ3) is 3.03. The Hall–Kier alpha value is -1.78. The van der Waals surface area contributed by atoms with E-state index >= 15 is 0 Å². The van der Waals surface area contributed by atoms with E-state index < -0.39 is 0 Å². The minimum Gasteiger partial charge on any atom is -0.494 e. The van der Waals surface area contributed by atoms with Gasteiger partial charge in [0.05, 0.1) is 5.69 Å². The molecule has 6 heteroatoms. The van der Waals surface area contributed by atoms with Gasteiger partial charge in [-0.15, -0.1) is 0 Å². The number of anilines is 1. The standard InChI is InChI=1S/C14H14Cl2N2O2/c1-2-3-4-17-12-8-13(19)18(14(12)20)11-6-9(15)5-10(16)7-11/h2-3,5-8,17,19-20H,4H2,1H3. The molecule has 0 bridgehead atoms. The Morgan fingerprint density at radius 2 is 1.80 bits per heavy atom. The molecule has 3 N–H and O–H groups in total. The van der Waals surface area contributed by atoms with Gasteiger partial charge in [-0.3, -0.25) is 0 Å². The fraction of sp³-hybridized carbons (Fsp3) is 0.143. The first-order valence-corrected chi connectivity index (χ1v) is 6.73. The van der Waals surface area contributed by atoms with E-state index in [0.717, 1.165) is 0 Å². The van der Waals surface area contributed by atoms with Crippen LogP contribution < -0.4 is 5.32 Å². The highest BCUT2D eigenvalue weighted by molar-refractivity contribution is 6.34. The molecular formula is C14H14Cl2N2O2. The highest BCUT2D eigenvalue weighted by Gasteiger charge is 2.15. The van der Waals surface area contributed by atoms with Crippen LogP contribution in [-0.4, -0.2) is 21.3 Å². The lowest BCUT2D eigenvalue weighted by molar-refractivity contribution is 0.403. The summed E-state index contributed by atoms with van der Waals surface area (Å²) < 4.78 is 1.26. The monoisotopic (exact) mass is 312 g/mol. The predicted molar refractivity (Wildman–Crippen MR) is 82.4 cm³/mol. The lowest BCUT2D eigenvalue weighted by Gasteiger charge is -2.08. The summed E-state index contributed by atoms with van der Waals surface area (Å²) in [5.41, 5.74) is 0.910. The molecule has 2 aromatic rings. The number of aromatic nitrogens is 1. The second-order valence-electron chi connectivity index (χ2n) is 4.15. The molecule has 0 radical (unpaired) electrons. The van der Waals surface area contributed by atoms with Gasteiger partial charge < -0.3 is 15.5 Å². The van der Waals surface area contributed by atoms with E-state index in [1.54, 1.807) is 18.2 Å². The van der Waals surface area contributed by atoms with Gasteiger partial charge in [0.15, 0.2) is 0 Å². The topological polar surface area (TPSA) is 57.4 Å². The summed E-state index contributed by atoms with van der Waals surface area (Å²) in [5.74, 6) is -0.214. The summed E-state index contributed by atoms with van der Waals surface area (Å²) >= 11 is 11.9. The molecule has 0 amide bonds. The van der Waals surface area contributed by atoms with Crippen LogP contribution in [0.3, 0.4) is 0 Å². The van der Waals surface area contributed by atoms with Gasteiger partial charge in [0.25, 0.3) is 0 Å². The molecule has 0 spiro atoms. The average Bonchev–Trinajstić information content (AvgIpc) is 2.63. The van der Waals surface area contributed by atoms with Crippen LogP contribution >= 0.6 is 23.2 Å². The van der Waals surface area contributed by atoms with Crippen molar-refractivity contribution in [3.05, 3.63) is 46.5 Å². The van der Waals surface area contributed by atoms with Crippen molar-refractivity contribution in [1.82, 2.24) is 4.57 Å². The van der Waals surface area contributed by atoms with Crippen molar-refractivity contribution >= 4 is 28.9 Å². The molecule has 4 nitrogen and oxygen atoms in total. The first-order valence-electron chi connectivity index (χ1n) is 5.98. The zero-order valence-electron chi connectivity index (χ0n) is 10.8. The van der Waals surface area contributed by atoms with Gasteiger partial charge in [0.2, 0.25) is 11.8 Å². The number of hydrogen-bond acceptors (Lipinski definition) is 3. The number of hydrogen-bond donors (Lipinski definition) is 3. The van der Waals surface area contributed by atoms with Crippen molar-refractivity contribution in [1.29, 1.82) is 0 Å². The third-order valence-corrected chi connectivity index (χ3v) is 3.14. The van der Waals surface area contributed by atoms with Crippen molar-refractivity contribution in [3.63, 3.8) is 0 Å². The molecule has 0 saturated carbocycles. The number of aromatic hydroxyl groups is 2. The van der Waals surface area contributed by atoms with Gasteiger partial charge in [0, 0.05) is 22.7 Å². The van der Waals surface area contributed by atoms with Crippen molar-refractivity contribution < 1.29 is 10.2 Å². The fourth-order valence-corrected chi connectivity index (χ4v) is 2.34. The van der Waals surface area contributed by atoms with Crippen molar-refractivity contribution in [2.75, 3.05) is 11.9 Å². The van der Waals surface area contributed by atoms with Gasteiger partial charge in [-0.25, -0.2) is 4.57 Å². The normalized spacial score (nSPS) is 11.2. The SMILES string of the molecule is CC=CCNc1cc(O)n(-c2cc(Cl)cc(Cl)c2)c1O. The van der Waals surface area contributed by atoms with Crippen LogP contribution in [0, 0.1) is 0 Å². The third-order valence-electron chi connectivity index (χ3n) is 2.71. The van der Waals surface area contributed by atoms with Crippen LogP contribution in [0.4, 0.5) is 5.69 Å². The van der Waals surface area contributed by atoms with Crippen LogP contribution in [0.1, 0.15) is 6.92 Å². The van der Waals surface area contributed by atoms with E-state index in [2.05, 4.69) is 5.32 Å². The van der Waals surface area contributed by atoms with Gasteiger partial charge in [-0.1, -0.05) is 35.4 Å². The van der Waals surface area contributed by atoms with Crippen LogP contribution in [0.15, 0.2) is 36.4 Å². The van der Waals surface area contributed by atoms with Crippen molar-refractivity contribution in [3.8, 4) is 17.4 Å². The first-order chi connectivity index (χ1) is 9.52. The summed E-state index contributed by atoms with van der Waals surface area (Å²) in [5, 5.41) is 24.0. The number of benzene rings is 1. The molecule has 0 atom stereocenters. The molecule has 0 saturated heterocycles. The van der Waals surface area contributed by atoms with Crippen LogP contribution in [0.5, 0.6) is 11.8 Å². The van der Waals surface area contributed by atoms with Gasteiger partial charge in [-0.05, 0) is 25.1 Å². The van der Waals surface area contributed by atoms with Crippen molar-refractivity contribution in [2.24, 2.45) is 0 Å². The smallest absolute Gasteiger partial charge is 0.222 e. The molecule has 20 heavy (non-hydrogen) atoms. The number of nitrogens with one attached hydrogen (secondary N) is 1. The molecule has 0 aliphatic carbocycles. The molecule has 1 heterocycles. The maximum atomic E-state index is 10.2. The second kappa shape index (κ2) is 6.11. The first kappa shape index (κ1) is 14.6. The molecule has 0 unspecified atom stereocenters. The van der Waals surface area contributed by atoms with Gasteiger partial charge in [-0.2, -0.15) is 0 Å². The van der Waals surface area contributed by atoms with Crippen molar-refractivity contribution in [2.45, 2.75) is 6.92 Å². The highest BCUT2D eigenvalue weighted by atomic mass is 35.5. The Morgan fingerprint density at radius 3 is 2.40 bits per heavy atom. The van der Waals surface area contributed by atoms with E-state index in [9.17, 15) is 10.2 Å². The minimum atomic E-state index is -0.108. The molecule has 0 aliphatic heterocycles. The zero-order chi connectivity index (χ0) is 14.7. The Balaban J connectivity index is 2.41. The largest absolute Gasteiger partial charge is 0.494 e. The van der Waals surface area contributed by atoms with Gasteiger partial charge in [0.1, 0.15) is 5.69 Å². The number of halogens is 2. The average molecular weight is 313 g/mol. The Morgan fingerprint density at radius 1 is 1.15 bits per heavy atom. The number of rotatable bonds is 4. The summed E-state index contributed by atoms with van der Waals surface area (Å²) in [6.45, 7) is 2.45. The molecule has 106 valence electrons. The number of allylic oxidation sites excluding steroid dienone is 1. The van der Waals surface area contributed by atoms with E-state index in [1.165, 1.54) is 10.6 Å². The summed E-state index contributed by atoms with van der Waals surface area (Å²) in [7, 11) is 0. The van der Waals surface area contributed by atoms with Gasteiger partial charge >= 0.3 is 0 Å². The lowest BCUT2D eigenvalue weighted by Crippen LogP contribution is -1.98. The van der Waals surface area contributed by atoms with E-state index in [0.29, 0.717) is 28.0 Å². The van der Waals surface area contributed by atoms with Crippen LogP contribution in [0.2, 0.25) is 10.0 Å². The Bertz CT molecular complexity index is 631. The van der Waals surface area contributed by atoms with E-state index in [-0.39, 0.29) is 11.8 Å². The Labute approximate surface area is 126 Å². The molecule has 1 aromatic heterocycles. The zero-order valence-corrected chi connectivity index (χ0v) is 12.3. The van der Waals surface area contributed by atoms with Crippen LogP contribution in [0.25, 0.3) is 5.69 Å². The summed E-state index contributed by atoms with van der Waals surface area (Å²) in [6, 6.07) is 6.22. The molecule has 0 fully saturated rings. The molecular weight excluding hydrogens is 299 g/mol. The maximum absolute atomic E-state index is 10.2. The molecule has 0 aliphatic rings. The predicted octanol–water partition coefficient (Wildman–Crippen LogP) is 4.18. The number of nitrogens with zero attached hydrogens (tertiary/aromatic N) is 1. The maximum Gasteiger partial charge on any atom is 0.222 e. The molecule has 1 aromatic carbocycles. The summed E-state index contributed by atoms with van der Waals surface area (Å²) in [6.07, 6.45) is 3.78. The summed E-state index contributed by atoms with van der Waals surface area (Å²) in [4.78, 5) is 0. The Kier molecular flexibility index (Phi) is 4.47. The minimum absolute atomic E-state index is 0.106. The second-order valence-corrected chi connectivity index (χ2v) is 5.03. The molecule has 2 rings (SSSR count).